The molecule has 2 heterocycles. The van der Waals surface area contributed by atoms with Gasteiger partial charge in [-0.1, -0.05) is 13.8 Å². The lowest BCUT2D eigenvalue weighted by Crippen LogP contribution is -2.15. The van der Waals surface area contributed by atoms with Crippen LogP contribution in [0.5, 0.6) is 0 Å². The maximum Gasteiger partial charge on any atom is 0.134 e. The van der Waals surface area contributed by atoms with Crippen molar-refractivity contribution in [3.8, 4) is 0 Å². The number of halogens is 1. The second-order valence-corrected chi connectivity index (χ2v) is 6.83. The van der Waals surface area contributed by atoms with Crippen LogP contribution in [0.2, 0.25) is 0 Å². The zero-order chi connectivity index (χ0) is 12.3. The molecule has 1 unspecified atom stereocenters. The molecule has 0 radical (unpaired) electrons. The molecule has 1 aliphatic heterocycles. The third-order valence-corrected chi connectivity index (χ3v) is 4.57. The number of nitrogens with zero attached hydrogens (tertiary/aromatic N) is 2. The fourth-order valence-electron chi connectivity index (χ4n) is 1.81. The number of aromatic nitrogens is 2. The molecule has 1 aliphatic rings. The zero-order valence-electron chi connectivity index (χ0n) is 10.2. The monoisotopic (exact) mass is 315 g/mol. The van der Waals surface area contributed by atoms with E-state index in [2.05, 4.69) is 56.8 Å². The van der Waals surface area contributed by atoms with Crippen LogP contribution in [0.4, 0.5) is 5.82 Å². The van der Waals surface area contributed by atoms with Crippen molar-refractivity contribution in [1.29, 1.82) is 0 Å². The molecular weight excluding hydrogens is 298 g/mol. The highest BCUT2D eigenvalue weighted by atomic mass is 79.9. The third-order valence-electron chi connectivity index (χ3n) is 2.76. The topological polar surface area (TPSA) is 37.8 Å². The molecule has 0 aliphatic carbocycles. The number of anilines is 1. The van der Waals surface area contributed by atoms with Crippen molar-refractivity contribution in [3.05, 3.63) is 16.5 Å². The molecule has 5 heteroatoms. The van der Waals surface area contributed by atoms with Crippen molar-refractivity contribution < 1.29 is 0 Å². The molecule has 1 fully saturated rings. The molecule has 1 N–H and O–H groups in total. The van der Waals surface area contributed by atoms with E-state index in [1.54, 1.807) is 0 Å². The Hall–Kier alpha value is -0.290. The maximum atomic E-state index is 4.53. The van der Waals surface area contributed by atoms with Crippen LogP contribution in [-0.2, 0) is 0 Å². The van der Waals surface area contributed by atoms with Gasteiger partial charge in [-0.05, 0) is 34.5 Å². The van der Waals surface area contributed by atoms with E-state index in [1.807, 2.05) is 6.07 Å². The molecule has 2 rings (SSSR count). The van der Waals surface area contributed by atoms with E-state index in [9.17, 15) is 0 Å². The minimum Gasteiger partial charge on any atom is -0.369 e. The van der Waals surface area contributed by atoms with Gasteiger partial charge >= 0.3 is 0 Å². The molecule has 1 saturated heterocycles. The maximum absolute atomic E-state index is 4.53. The summed E-state index contributed by atoms with van der Waals surface area (Å²) in [6, 6.07) is 1.95. The van der Waals surface area contributed by atoms with E-state index in [1.165, 1.54) is 18.6 Å². The third kappa shape index (κ3) is 3.85. The molecule has 94 valence electrons. The van der Waals surface area contributed by atoms with Crippen molar-refractivity contribution in [2.45, 2.75) is 37.9 Å². The summed E-state index contributed by atoms with van der Waals surface area (Å²) < 4.78 is 0.859. The minimum atomic E-state index is 0.355. The lowest BCUT2D eigenvalue weighted by molar-refractivity contribution is 0.764. The van der Waals surface area contributed by atoms with Gasteiger partial charge in [-0.15, -0.1) is 0 Å². The SMILES string of the molecule is CC(C)c1nc(Br)cc(NCC2CCCS2)n1. The summed E-state index contributed by atoms with van der Waals surface area (Å²) in [4.78, 5) is 8.91. The van der Waals surface area contributed by atoms with Crippen LogP contribution in [0.1, 0.15) is 38.4 Å². The Morgan fingerprint density at radius 1 is 1.53 bits per heavy atom. The first-order valence-electron chi connectivity index (χ1n) is 6.05. The molecule has 3 nitrogen and oxygen atoms in total. The first kappa shape index (κ1) is 13.1. The van der Waals surface area contributed by atoms with Crippen molar-refractivity contribution in [2.75, 3.05) is 17.6 Å². The standard InChI is InChI=1S/C12H18BrN3S/c1-8(2)12-15-10(13)6-11(16-12)14-7-9-4-3-5-17-9/h6,8-9H,3-5,7H2,1-2H3,(H,14,15,16). The molecule has 1 aromatic rings. The van der Waals surface area contributed by atoms with Crippen LogP contribution in [0, 0.1) is 0 Å². The number of thioether (sulfide) groups is 1. The van der Waals surface area contributed by atoms with E-state index in [-0.39, 0.29) is 0 Å². The quantitative estimate of drug-likeness (QED) is 0.860. The molecule has 0 aromatic carbocycles. The highest BCUT2D eigenvalue weighted by molar-refractivity contribution is 9.10. The zero-order valence-corrected chi connectivity index (χ0v) is 12.6. The average Bonchev–Trinajstić information content (AvgIpc) is 2.78. The van der Waals surface area contributed by atoms with E-state index < -0.39 is 0 Å². The lowest BCUT2D eigenvalue weighted by Gasteiger charge is -2.12. The minimum absolute atomic E-state index is 0.355. The van der Waals surface area contributed by atoms with Crippen molar-refractivity contribution in [2.24, 2.45) is 0 Å². The molecule has 0 saturated carbocycles. The van der Waals surface area contributed by atoms with Crippen LogP contribution in [0.25, 0.3) is 0 Å². The summed E-state index contributed by atoms with van der Waals surface area (Å²) in [5, 5.41) is 4.16. The average molecular weight is 316 g/mol. The molecular formula is C12H18BrN3S. The number of hydrogen-bond donors (Lipinski definition) is 1. The number of rotatable bonds is 4. The summed E-state index contributed by atoms with van der Waals surface area (Å²) in [6.45, 7) is 5.22. The summed E-state index contributed by atoms with van der Waals surface area (Å²) in [5.41, 5.74) is 0. The first-order valence-corrected chi connectivity index (χ1v) is 7.89. The van der Waals surface area contributed by atoms with Crippen LogP contribution < -0.4 is 5.32 Å². The molecule has 1 aromatic heterocycles. The van der Waals surface area contributed by atoms with Gasteiger partial charge in [-0.25, -0.2) is 9.97 Å². The van der Waals surface area contributed by atoms with E-state index >= 15 is 0 Å². The Balaban J connectivity index is 1.99. The van der Waals surface area contributed by atoms with Crippen molar-refractivity contribution in [3.63, 3.8) is 0 Å². The Kier molecular flexibility index (Phi) is 4.68. The Morgan fingerprint density at radius 3 is 3.00 bits per heavy atom. The Bertz CT molecular complexity index is 378. The van der Waals surface area contributed by atoms with Gasteiger partial charge in [-0.3, -0.25) is 0 Å². The fourth-order valence-corrected chi connectivity index (χ4v) is 3.41. The summed E-state index contributed by atoms with van der Waals surface area (Å²) in [6.07, 6.45) is 2.67. The van der Waals surface area contributed by atoms with E-state index in [0.29, 0.717) is 5.92 Å². The van der Waals surface area contributed by atoms with Crippen LogP contribution in [0.15, 0.2) is 10.7 Å². The summed E-state index contributed by atoms with van der Waals surface area (Å²) in [7, 11) is 0. The molecule has 17 heavy (non-hydrogen) atoms. The summed E-state index contributed by atoms with van der Waals surface area (Å²) >= 11 is 5.50. The van der Waals surface area contributed by atoms with Gasteiger partial charge in [0.1, 0.15) is 16.2 Å². The van der Waals surface area contributed by atoms with E-state index in [4.69, 9.17) is 0 Å². The molecule has 0 amide bonds. The molecule has 0 bridgehead atoms. The normalized spacial score (nSPS) is 19.9. The first-order chi connectivity index (χ1) is 8.15. The number of nitrogens with one attached hydrogen (secondary N) is 1. The Morgan fingerprint density at radius 2 is 2.35 bits per heavy atom. The van der Waals surface area contributed by atoms with Gasteiger partial charge < -0.3 is 5.32 Å². The highest BCUT2D eigenvalue weighted by Crippen LogP contribution is 2.26. The second kappa shape index (κ2) is 6.05. The van der Waals surface area contributed by atoms with Crippen LogP contribution in [-0.4, -0.2) is 27.5 Å². The van der Waals surface area contributed by atoms with Gasteiger partial charge in [0.05, 0.1) is 0 Å². The molecule has 0 spiro atoms. The van der Waals surface area contributed by atoms with Crippen LogP contribution >= 0.6 is 27.7 Å². The van der Waals surface area contributed by atoms with Crippen molar-refractivity contribution in [1.82, 2.24) is 9.97 Å². The van der Waals surface area contributed by atoms with E-state index in [0.717, 1.165) is 28.0 Å². The second-order valence-electron chi connectivity index (χ2n) is 4.60. The van der Waals surface area contributed by atoms with Gasteiger partial charge in [-0.2, -0.15) is 11.8 Å². The fraction of sp³-hybridized carbons (Fsp3) is 0.667. The van der Waals surface area contributed by atoms with Gasteiger partial charge in [0.2, 0.25) is 0 Å². The van der Waals surface area contributed by atoms with Crippen LogP contribution in [0.3, 0.4) is 0 Å². The van der Waals surface area contributed by atoms with Crippen molar-refractivity contribution >= 4 is 33.5 Å². The van der Waals surface area contributed by atoms with Gasteiger partial charge in [0.25, 0.3) is 0 Å². The van der Waals surface area contributed by atoms with Gasteiger partial charge in [0, 0.05) is 23.8 Å². The van der Waals surface area contributed by atoms with Gasteiger partial charge in [0.15, 0.2) is 0 Å². The Labute approximate surface area is 115 Å². The number of hydrogen-bond acceptors (Lipinski definition) is 4. The highest BCUT2D eigenvalue weighted by Gasteiger charge is 2.15. The summed E-state index contributed by atoms with van der Waals surface area (Å²) in [5.74, 6) is 3.48. The largest absolute Gasteiger partial charge is 0.369 e. The predicted octanol–water partition coefficient (Wildman–Crippen LogP) is 3.67. The smallest absolute Gasteiger partial charge is 0.134 e. The molecule has 1 atom stereocenters. The predicted molar refractivity (Wildman–Crippen MR) is 77.8 cm³/mol. The lowest BCUT2D eigenvalue weighted by atomic mass is 10.2.